The summed E-state index contributed by atoms with van der Waals surface area (Å²) in [6.45, 7) is -1.35. The summed E-state index contributed by atoms with van der Waals surface area (Å²) in [5, 5.41) is 2.85. The van der Waals surface area contributed by atoms with Crippen LogP contribution in [0.15, 0.2) is 24.3 Å². The first kappa shape index (κ1) is 18.9. The molecule has 0 bridgehead atoms. The van der Waals surface area contributed by atoms with Crippen molar-refractivity contribution in [1.82, 2.24) is 14.8 Å². The molecule has 1 aromatic carbocycles. The lowest BCUT2D eigenvalue weighted by Crippen LogP contribution is -2.14. The number of nitrogens with zero attached hydrogens (tertiary/aromatic N) is 3. The normalized spacial score (nSPS) is 12.7. The van der Waals surface area contributed by atoms with E-state index in [1.807, 2.05) is 0 Å². The maximum absolute atomic E-state index is 13.3. The minimum Gasteiger partial charge on any atom is -0.383 e. The Morgan fingerprint density at radius 2 is 1.67 bits per heavy atom. The number of fused-ring (bicyclic) bond motifs is 1. The number of alkyl halides is 7. The third-order valence-corrected chi connectivity index (χ3v) is 3.64. The van der Waals surface area contributed by atoms with Crippen LogP contribution in [0.2, 0.25) is 0 Å². The Morgan fingerprint density at radius 3 is 2.22 bits per heavy atom. The van der Waals surface area contributed by atoms with Crippen molar-refractivity contribution in [3.05, 3.63) is 47.0 Å². The fourth-order valence-corrected chi connectivity index (χ4v) is 2.56. The molecule has 2 heterocycles. The quantitative estimate of drug-likeness (QED) is 0.642. The van der Waals surface area contributed by atoms with Crippen LogP contribution in [0, 0.1) is 5.82 Å². The minimum absolute atomic E-state index is 0.164. The van der Waals surface area contributed by atoms with Gasteiger partial charge in [-0.1, -0.05) is 0 Å². The van der Waals surface area contributed by atoms with Gasteiger partial charge >= 0.3 is 12.4 Å². The molecule has 3 rings (SSSR count). The van der Waals surface area contributed by atoms with Gasteiger partial charge in [0, 0.05) is 0 Å². The van der Waals surface area contributed by atoms with Crippen LogP contribution >= 0.6 is 0 Å². The molecule has 0 radical (unpaired) electrons. The summed E-state index contributed by atoms with van der Waals surface area (Å²) >= 11 is 0. The molecule has 0 aliphatic carbocycles. The van der Waals surface area contributed by atoms with E-state index in [1.54, 1.807) is 0 Å². The molecule has 0 aliphatic heterocycles. The molecule has 0 saturated heterocycles. The smallest absolute Gasteiger partial charge is 0.383 e. The van der Waals surface area contributed by atoms with E-state index in [0.29, 0.717) is 16.8 Å². The molecular weight excluding hydrogens is 388 g/mol. The zero-order valence-electron chi connectivity index (χ0n) is 13.0. The van der Waals surface area contributed by atoms with Gasteiger partial charge in [-0.3, -0.25) is 0 Å². The van der Waals surface area contributed by atoms with Gasteiger partial charge in [0.15, 0.2) is 5.69 Å². The van der Waals surface area contributed by atoms with Gasteiger partial charge in [0.05, 0.1) is 27.8 Å². The van der Waals surface area contributed by atoms with Crippen molar-refractivity contribution in [2.45, 2.75) is 19.0 Å². The Hall–Kier alpha value is -2.92. The number of hydrogen-bond acceptors (Lipinski definition) is 3. The summed E-state index contributed by atoms with van der Waals surface area (Å²) in [5.74, 6) is -2.01. The van der Waals surface area contributed by atoms with Crippen molar-refractivity contribution in [3.63, 3.8) is 0 Å². The van der Waals surface area contributed by atoms with Crippen LogP contribution in [0.5, 0.6) is 0 Å². The maximum Gasteiger partial charge on any atom is 0.434 e. The van der Waals surface area contributed by atoms with E-state index in [1.165, 1.54) is 0 Å². The summed E-state index contributed by atoms with van der Waals surface area (Å²) in [7, 11) is 0. The maximum atomic E-state index is 13.3. The van der Waals surface area contributed by atoms with Gasteiger partial charge in [-0.15, -0.1) is 0 Å². The number of nitrogen functional groups attached to an aromatic ring is 1. The van der Waals surface area contributed by atoms with E-state index in [0.717, 1.165) is 6.07 Å². The highest BCUT2D eigenvalue weighted by Gasteiger charge is 2.39. The molecule has 4 nitrogen and oxygen atoms in total. The molecule has 144 valence electrons. The Labute approximate surface area is 145 Å². The van der Waals surface area contributed by atoms with Gasteiger partial charge < -0.3 is 5.73 Å². The summed E-state index contributed by atoms with van der Waals surface area (Å²) in [5.41, 5.74) is 0.647. The lowest BCUT2D eigenvalue weighted by Gasteiger charge is -2.14. The number of benzene rings is 1. The van der Waals surface area contributed by atoms with E-state index in [4.69, 9.17) is 5.73 Å². The number of nitrogens with two attached hydrogens (primary N) is 1. The largest absolute Gasteiger partial charge is 0.434 e. The lowest BCUT2D eigenvalue weighted by atomic mass is 10.1. The van der Waals surface area contributed by atoms with Crippen LogP contribution in [0.25, 0.3) is 16.6 Å². The molecule has 0 amide bonds. The van der Waals surface area contributed by atoms with Gasteiger partial charge in [-0.2, -0.15) is 31.4 Å². The average Bonchev–Trinajstić information content (AvgIpc) is 2.89. The summed E-state index contributed by atoms with van der Waals surface area (Å²) in [6.07, 6.45) is -10.1. The molecule has 0 unspecified atom stereocenters. The van der Waals surface area contributed by atoms with E-state index in [9.17, 15) is 35.1 Å². The van der Waals surface area contributed by atoms with Gasteiger partial charge in [0.2, 0.25) is 0 Å². The number of hydrogen-bond donors (Lipinski definition) is 1. The predicted octanol–water partition coefficient (Wildman–Crippen LogP) is 4.65. The average molecular weight is 396 g/mol. The van der Waals surface area contributed by atoms with Crippen LogP contribution in [0.1, 0.15) is 17.0 Å². The zero-order valence-corrected chi connectivity index (χ0v) is 13.0. The second-order valence-corrected chi connectivity index (χ2v) is 5.44. The number of aromatic nitrogens is 3. The number of rotatable bonds is 2. The summed E-state index contributed by atoms with van der Waals surface area (Å²) < 4.78 is 106. The third kappa shape index (κ3) is 3.26. The molecule has 3 aromatic rings. The molecule has 0 fully saturated rings. The monoisotopic (exact) mass is 396 g/mol. The first-order chi connectivity index (χ1) is 12.4. The van der Waals surface area contributed by atoms with Crippen molar-refractivity contribution in [2.75, 3.05) is 5.73 Å². The molecular formula is C15H8F8N4. The number of halogens is 8. The first-order valence-corrected chi connectivity index (χ1v) is 7.12. The topological polar surface area (TPSA) is 56.7 Å². The molecule has 0 saturated carbocycles. The van der Waals surface area contributed by atoms with Crippen molar-refractivity contribution in [1.29, 1.82) is 0 Å². The van der Waals surface area contributed by atoms with Crippen molar-refractivity contribution < 1.29 is 35.1 Å². The highest BCUT2D eigenvalue weighted by molar-refractivity contribution is 5.92. The fourth-order valence-electron chi connectivity index (χ4n) is 2.56. The van der Waals surface area contributed by atoms with Crippen molar-refractivity contribution >= 4 is 16.7 Å². The Morgan fingerprint density at radius 1 is 1.00 bits per heavy atom. The van der Waals surface area contributed by atoms with Crippen LogP contribution in [-0.2, 0) is 19.0 Å². The fraction of sp³-hybridized carbons (Fsp3) is 0.200. The molecule has 2 aromatic heterocycles. The van der Waals surface area contributed by atoms with E-state index < -0.39 is 64.2 Å². The van der Waals surface area contributed by atoms with Gasteiger partial charge in [0.25, 0.3) is 0 Å². The highest BCUT2D eigenvalue weighted by Crippen LogP contribution is 2.39. The van der Waals surface area contributed by atoms with Crippen molar-refractivity contribution in [2.24, 2.45) is 0 Å². The predicted molar refractivity (Wildman–Crippen MR) is 78.1 cm³/mol. The minimum atomic E-state index is -5.05. The number of anilines is 1. The van der Waals surface area contributed by atoms with Crippen LogP contribution in [0.3, 0.4) is 0 Å². The SMILES string of the molecule is Nc1c2c(C(F)(F)F)nc(CF)cc2nn1-c1ccc(F)cc1C(F)(F)F. The lowest BCUT2D eigenvalue weighted by molar-refractivity contribution is -0.140. The van der Waals surface area contributed by atoms with Crippen molar-refractivity contribution in [3.8, 4) is 5.69 Å². The summed E-state index contributed by atoms with van der Waals surface area (Å²) in [6, 6.07) is 2.36. The molecule has 12 heteroatoms. The molecule has 0 spiro atoms. The van der Waals surface area contributed by atoms with Crippen LogP contribution in [0.4, 0.5) is 40.9 Å². The zero-order chi connectivity index (χ0) is 20.1. The molecule has 2 N–H and O–H groups in total. The Kier molecular flexibility index (Phi) is 4.23. The van der Waals surface area contributed by atoms with Gasteiger partial charge in [-0.05, 0) is 24.3 Å². The molecule has 27 heavy (non-hydrogen) atoms. The Balaban J connectivity index is 2.38. The van der Waals surface area contributed by atoms with E-state index >= 15 is 0 Å². The van der Waals surface area contributed by atoms with Crippen LogP contribution < -0.4 is 5.73 Å². The molecule has 0 aliphatic rings. The number of pyridine rings is 1. The summed E-state index contributed by atoms with van der Waals surface area (Å²) in [4.78, 5) is 3.13. The van der Waals surface area contributed by atoms with Gasteiger partial charge in [-0.25, -0.2) is 18.4 Å². The molecule has 0 atom stereocenters. The standard InChI is InChI=1S/C15H8F8N4/c16-5-7-4-9-11(12(25-7)15(21,22)23)13(24)27(26-9)10-2-1-6(17)3-8(10)14(18,19)20/h1-4H,5,24H2. The van der Waals surface area contributed by atoms with E-state index in [2.05, 4.69) is 10.1 Å². The van der Waals surface area contributed by atoms with Gasteiger partial charge in [0.1, 0.15) is 18.3 Å². The third-order valence-electron chi connectivity index (χ3n) is 3.64. The Bertz CT molecular complexity index is 1020. The second-order valence-electron chi connectivity index (χ2n) is 5.44. The van der Waals surface area contributed by atoms with E-state index in [-0.39, 0.29) is 6.07 Å². The second kappa shape index (κ2) is 6.06. The first-order valence-electron chi connectivity index (χ1n) is 7.12. The highest BCUT2D eigenvalue weighted by atomic mass is 19.4. The van der Waals surface area contributed by atoms with Crippen LogP contribution in [-0.4, -0.2) is 14.8 Å².